The molecule has 0 bridgehead atoms. The van der Waals surface area contributed by atoms with E-state index in [9.17, 15) is 0 Å². The summed E-state index contributed by atoms with van der Waals surface area (Å²) in [6, 6.07) is 1.61. The molecule has 6 heteroatoms. The van der Waals surface area contributed by atoms with E-state index in [0.29, 0.717) is 16.8 Å². The topological polar surface area (TPSA) is 69.6 Å². The van der Waals surface area contributed by atoms with Crippen LogP contribution in [0.4, 0.5) is 5.82 Å². The molecule has 2 rings (SSSR count). The first-order valence-electron chi connectivity index (χ1n) is 3.55. The van der Waals surface area contributed by atoms with Crippen molar-refractivity contribution in [3.63, 3.8) is 0 Å². The van der Waals surface area contributed by atoms with Gasteiger partial charge in [-0.25, -0.2) is 9.67 Å². The number of halogens is 1. The molecule has 0 aliphatic heterocycles. The van der Waals surface area contributed by atoms with E-state index in [1.54, 1.807) is 18.5 Å². The van der Waals surface area contributed by atoms with Crippen LogP contribution in [-0.2, 0) is 0 Å². The Kier molecular flexibility index (Phi) is 1.86. The Morgan fingerprint density at radius 2 is 2.31 bits per heavy atom. The Labute approximate surface area is 79.2 Å². The van der Waals surface area contributed by atoms with Gasteiger partial charge in [0, 0.05) is 6.20 Å². The first-order chi connectivity index (χ1) is 6.25. The summed E-state index contributed by atoms with van der Waals surface area (Å²) in [5.74, 6) is 0.809. The molecule has 2 aromatic heterocycles. The van der Waals surface area contributed by atoms with Gasteiger partial charge in [-0.2, -0.15) is 10.1 Å². The van der Waals surface area contributed by atoms with Crippen molar-refractivity contribution in [1.82, 2.24) is 19.7 Å². The molecule has 5 nitrogen and oxygen atoms in total. The van der Waals surface area contributed by atoms with Gasteiger partial charge in [-0.3, -0.25) is 0 Å². The molecule has 0 saturated carbocycles. The molecule has 2 N–H and O–H groups in total. The van der Waals surface area contributed by atoms with Crippen molar-refractivity contribution >= 4 is 17.4 Å². The van der Waals surface area contributed by atoms with Crippen LogP contribution in [0, 0.1) is 0 Å². The number of hydrogen-bond donors (Lipinski definition) is 1. The van der Waals surface area contributed by atoms with Gasteiger partial charge in [0.05, 0.1) is 17.4 Å². The minimum absolute atomic E-state index is 0.400. The summed E-state index contributed by atoms with van der Waals surface area (Å²) in [5.41, 5.74) is 5.48. The smallest absolute Gasteiger partial charge is 0.252 e. The largest absolute Gasteiger partial charge is 0.384 e. The van der Waals surface area contributed by atoms with E-state index < -0.39 is 0 Å². The lowest BCUT2D eigenvalue weighted by atomic mass is 10.6. The second-order valence-electron chi connectivity index (χ2n) is 2.38. The predicted molar refractivity (Wildman–Crippen MR) is 48.6 cm³/mol. The summed E-state index contributed by atoms with van der Waals surface area (Å²) in [5, 5.41) is 4.46. The average molecular weight is 196 g/mol. The van der Waals surface area contributed by atoms with Gasteiger partial charge >= 0.3 is 0 Å². The van der Waals surface area contributed by atoms with Crippen molar-refractivity contribution in [2.75, 3.05) is 5.73 Å². The van der Waals surface area contributed by atoms with Crippen molar-refractivity contribution in [3.05, 3.63) is 29.7 Å². The Morgan fingerprint density at radius 3 is 2.92 bits per heavy atom. The molecule has 0 fully saturated rings. The van der Waals surface area contributed by atoms with Gasteiger partial charge in [0.15, 0.2) is 0 Å². The lowest BCUT2D eigenvalue weighted by Gasteiger charge is -1.98. The SMILES string of the molecule is Nc1ccnc(-n2cc(Cl)cn2)n1. The van der Waals surface area contributed by atoms with Crippen LogP contribution in [-0.4, -0.2) is 19.7 Å². The summed E-state index contributed by atoms with van der Waals surface area (Å²) >= 11 is 5.68. The lowest BCUT2D eigenvalue weighted by Crippen LogP contribution is -2.02. The third-order valence-electron chi connectivity index (χ3n) is 1.42. The number of hydrogen-bond acceptors (Lipinski definition) is 4. The molecule has 2 aromatic rings. The van der Waals surface area contributed by atoms with Gasteiger partial charge < -0.3 is 5.73 Å². The summed E-state index contributed by atoms with van der Waals surface area (Å²) < 4.78 is 1.46. The van der Waals surface area contributed by atoms with Crippen LogP contribution < -0.4 is 5.73 Å². The van der Waals surface area contributed by atoms with E-state index >= 15 is 0 Å². The average Bonchev–Trinajstić information content (AvgIpc) is 2.52. The second-order valence-corrected chi connectivity index (χ2v) is 2.82. The van der Waals surface area contributed by atoms with Gasteiger partial charge in [-0.05, 0) is 6.07 Å². The third kappa shape index (κ3) is 1.59. The van der Waals surface area contributed by atoms with Crippen LogP contribution in [0.5, 0.6) is 0 Å². The van der Waals surface area contributed by atoms with Crippen molar-refractivity contribution in [1.29, 1.82) is 0 Å². The molecule has 66 valence electrons. The Morgan fingerprint density at radius 1 is 1.46 bits per heavy atom. The van der Waals surface area contributed by atoms with Gasteiger partial charge in [0.25, 0.3) is 5.95 Å². The maximum Gasteiger partial charge on any atom is 0.252 e. The monoisotopic (exact) mass is 195 g/mol. The Hall–Kier alpha value is -1.62. The molecule has 0 aliphatic carbocycles. The normalized spacial score (nSPS) is 10.2. The van der Waals surface area contributed by atoms with Crippen LogP contribution in [0.25, 0.3) is 5.95 Å². The Bertz CT molecular complexity index is 424. The number of nitrogens with two attached hydrogens (primary N) is 1. The minimum atomic E-state index is 0.400. The van der Waals surface area contributed by atoms with Gasteiger partial charge in [0.1, 0.15) is 5.82 Å². The Balaban J connectivity index is 2.46. The predicted octanol–water partition coefficient (Wildman–Crippen LogP) is 0.898. The number of aromatic nitrogens is 4. The zero-order valence-corrected chi connectivity index (χ0v) is 7.31. The summed E-state index contributed by atoms with van der Waals surface area (Å²) in [7, 11) is 0. The van der Waals surface area contributed by atoms with Crippen LogP contribution in [0.3, 0.4) is 0 Å². The highest BCUT2D eigenvalue weighted by Crippen LogP contribution is 2.08. The lowest BCUT2D eigenvalue weighted by molar-refractivity contribution is 0.810. The van der Waals surface area contributed by atoms with E-state index in [4.69, 9.17) is 17.3 Å². The zero-order chi connectivity index (χ0) is 9.26. The van der Waals surface area contributed by atoms with Crippen LogP contribution in [0.2, 0.25) is 5.02 Å². The molecule has 13 heavy (non-hydrogen) atoms. The molecule has 0 aliphatic rings. The molecule has 0 spiro atoms. The maximum atomic E-state index is 5.68. The fraction of sp³-hybridized carbons (Fsp3) is 0. The van der Waals surface area contributed by atoms with Crippen LogP contribution in [0.15, 0.2) is 24.7 Å². The number of nitrogen functional groups attached to an aromatic ring is 1. The van der Waals surface area contributed by atoms with Gasteiger partial charge in [-0.15, -0.1) is 0 Å². The van der Waals surface area contributed by atoms with Crippen molar-refractivity contribution in [2.24, 2.45) is 0 Å². The highest BCUT2D eigenvalue weighted by molar-refractivity contribution is 6.30. The molecule has 0 saturated heterocycles. The second kappa shape index (κ2) is 3.02. The zero-order valence-electron chi connectivity index (χ0n) is 6.55. The maximum absolute atomic E-state index is 5.68. The quantitative estimate of drug-likeness (QED) is 0.734. The first-order valence-corrected chi connectivity index (χ1v) is 3.92. The highest BCUT2D eigenvalue weighted by atomic mass is 35.5. The molecule has 2 heterocycles. The van der Waals surface area contributed by atoms with E-state index in [0.717, 1.165) is 0 Å². The fourth-order valence-electron chi connectivity index (χ4n) is 0.883. The van der Waals surface area contributed by atoms with Crippen LogP contribution in [0.1, 0.15) is 0 Å². The standard InChI is InChI=1S/C7H6ClN5/c8-5-3-11-13(4-5)7-10-2-1-6(9)12-7/h1-4H,(H2,9,10,12). The molecule has 0 radical (unpaired) electrons. The molecule has 0 aromatic carbocycles. The van der Waals surface area contributed by atoms with Crippen molar-refractivity contribution in [2.45, 2.75) is 0 Å². The molecular formula is C7H6ClN5. The summed E-state index contributed by atoms with van der Waals surface area (Å²) in [6.07, 6.45) is 4.68. The highest BCUT2D eigenvalue weighted by Gasteiger charge is 2.01. The third-order valence-corrected chi connectivity index (χ3v) is 1.62. The summed E-state index contributed by atoms with van der Waals surface area (Å²) in [4.78, 5) is 7.94. The number of rotatable bonds is 1. The first kappa shape index (κ1) is 8.00. The minimum Gasteiger partial charge on any atom is -0.384 e. The fourth-order valence-corrected chi connectivity index (χ4v) is 1.02. The molecule has 0 atom stereocenters. The molecule has 0 amide bonds. The molecular weight excluding hydrogens is 190 g/mol. The van der Waals surface area contributed by atoms with Gasteiger partial charge in [-0.1, -0.05) is 11.6 Å². The number of anilines is 1. The van der Waals surface area contributed by atoms with E-state index in [2.05, 4.69) is 15.1 Å². The van der Waals surface area contributed by atoms with Crippen LogP contribution >= 0.6 is 11.6 Å². The van der Waals surface area contributed by atoms with E-state index in [1.807, 2.05) is 0 Å². The van der Waals surface area contributed by atoms with Crippen molar-refractivity contribution in [3.8, 4) is 5.95 Å². The van der Waals surface area contributed by atoms with E-state index in [1.165, 1.54) is 10.9 Å². The van der Waals surface area contributed by atoms with E-state index in [-0.39, 0.29) is 0 Å². The van der Waals surface area contributed by atoms with Crippen molar-refractivity contribution < 1.29 is 0 Å². The summed E-state index contributed by atoms with van der Waals surface area (Å²) in [6.45, 7) is 0. The molecule has 0 unspecified atom stereocenters. The van der Waals surface area contributed by atoms with Gasteiger partial charge in [0.2, 0.25) is 0 Å². The number of nitrogens with zero attached hydrogens (tertiary/aromatic N) is 4.